The first kappa shape index (κ1) is 28.9. The van der Waals surface area contributed by atoms with Crippen molar-refractivity contribution in [1.82, 2.24) is 14.4 Å². The Kier molecular flexibility index (Phi) is 9.17. The second-order valence-corrected chi connectivity index (χ2v) is 11.3. The number of rotatable bonds is 8. The number of amides is 2. The lowest BCUT2D eigenvalue weighted by Crippen LogP contribution is -2.44. The van der Waals surface area contributed by atoms with Gasteiger partial charge < -0.3 is 29.1 Å². The third-order valence-corrected chi connectivity index (χ3v) is 7.44. The van der Waals surface area contributed by atoms with Crippen LogP contribution in [0.15, 0.2) is 30.5 Å². The van der Waals surface area contributed by atoms with E-state index >= 15 is 0 Å². The van der Waals surface area contributed by atoms with Crippen LogP contribution in [0.25, 0.3) is 10.9 Å². The molecule has 2 aromatic rings. The van der Waals surface area contributed by atoms with Crippen molar-refractivity contribution in [3.05, 3.63) is 36.0 Å². The van der Waals surface area contributed by atoms with Crippen molar-refractivity contribution < 1.29 is 33.7 Å². The lowest BCUT2D eigenvalue weighted by atomic mass is 9.89. The van der Waals surface area contributed by atoms with E-state index in [0.717, 1.165) is 23.8 Å². The number of aromatic nitrogens is 1. The molecule has 1 aromatic heterocycles. The molecule has 0 saturated carbocycles. The minimum Gasteiger partial charge on any atom is -0.464 e. The van der Waals surface area contributed by atoms with E-state index in [1.165, 1.54) is 4.57 Å². The Bertz CT molecular complexity index is 1160. The van der Waals surface area contributed by atoms with E-state index in [4.69, 9.17) is 14.2 Å². The Morgan fingerprint density at radius 3 is 2.46 bits per heavy atom. The third-order valence-electron chi connectivity index (χ3n) is 7.44. The zero-order chi connectivity index (χ0) is 28.2. The standard InChI is InChI=1S/C29H41N3O7/c1-5-37-14-15-38-22-16-21(31(18-22)28(36)39-29(2,3)4)17-26(33)30-12-10-20(11-13-30)24-19-32(27(34)35)25-9-7-6-8-23(24)25/h6-9,19-22H,5,10-18H2,1-4H3,(H,34,35)/t21-,22+/m0/s1. The number of hydrogen-bond acceptors (Lipinski definition) is 6. The number of ether oxygens (including phenoxy) is 3. The minimum atomic E-state index is -1.00. The molecule has 1 N–H and O–H groups in total. The summed E-state index contributed by atoms with van der Waals surface area (Å²) < 4.78 is 18.2. The van der Waals surface area contributed by atoms with E-state index in [0.29, 0.717) is 51.4 Å². The maximum absolute atomic E-state index is 13.4. The zero-order valence-electron chi connectivity index (χ0n) is 23.4. The molecule has 2 saturated heterocycles. The Labute approximate surface area is 229 Å². The van der Waals surface area contributed by atoms with Gasteiger partial charge in [0.05, 0.1) is 31.4 Å². The van der Waals surface area contributed by atoms with Crippen LogP contribution >= 0.6 is 0 Å². The van der Waals surface area contributed by atoms with E-state index in [1.54, 1.807) is 11.1 Å². The summed E-state index contributed by atoms with van der Waals surface area (Å²) in [5.41, 5.74) is 1.06. The van der Waals surface area contributed by atoms with Crippen molar-refractivity contribution in [3.63, 3.8) is 0 Å². The summed E-state index contributed by atoms with van der Waals surface area (Å²) in [5, 5.41) is 10.6. The highest BCUT2D eigenvalue weighted by Crippen LogP contribution is 2.35. The van der Waals surface area contributed by atoms with Gasteiger partial charge >= 0.3 is 12.2 Å². The van der Waals surface area contributed by atoms with Crippen LogP contribution in [0.4, 0.5) is 9.59 Å². The van der Waals surface area contributed by atoms with Gasteiger partial charge in [-0.25, -0.2) is 9.59 Å². The highest BCUT2D eigenvalue weighted by Gasteiger charge is 2.40. The average molecular weight is 544 g/mol. The van der Waals surface area contributed by atoms with Gasteiger partial charge in [0.1, 0.15) is 5.60 Å². The van der Waals surface area contributed by atoms with Crippen LogP contribution in [0.1, 0.15) is 64.9 Å². The molecule has 2 amide bonds. The summed E-state index contributed by atoms with van der Waals surface area (Å²) in [6.07, 6.45) is 2.41. The molecule has 0 spiro atoms. The molecule has 4 rings (SSSR count). The molecule has 2 aliphatic rings. The molecule has 2 atom stereocenters. The van der Waals surface area contributed by atoms with Crippen LogP contribution in [-0.4, -0.2) is 94.8 Å². The smallest absolute Gasteiger partial charge is 0.416 e. The fourth-order valence-corrected chi connectivity index (χ4v) is 5.61. The summed E-state index contributed by atoms with van der Waals surface area (Å²) in [6, 6.07) is 7.24. The van der Waals surface area contributed by atoms with Crippen molar-refractivity contribution in [1.29, 1.82) is 0 Å². The molecule has 0 unspecified atom stereocenters. The molecular weight excluding hydrogens is 502 g/mol. The molecule has 1 aromatic carbocycles. The Morgan fingerprint density at radius 1 is 1.08 bits per heavy atom. The first-order valence-corrected chi connectivity index (χ1v) is 13.9. The first-order chi connectivity index (χ1) is 18.6. The topological polar surface area (TPSA) is 111 Å². The molecule has 2 aliphatic heterocycles. The largest absolute Gasteiger partial charge is 0.464 e. The molecular formula is C29H41N3O7. The maximum atomic E-state index is 13.4. The molecule has 2 fully saturated rings. The predicted molar refractivity (Wildman–Crippen MR) is 146 cm³/mol. The zero-order valence-corrected chi connectivity index (χ0v) is 23.4. The molecule has 39 heavy (non-hydrogen) atoms. The fraction of sp³-hybridized carbons (Fsp3) is 0.621. The molecule has 10 heteroatoms. The van der Waals surface area contributed by atoms with Gasteiger partial charge in [-0.2, -0.15) is 0 Å². The number of hydrogen-bond donors (Lipinski definition) is 1. The van der Waals surface area contributed by atoms with Crippen LogP contribution in [-0.2, 0) is 19.0 Å². The number of carboxylic acid groups (broad SMARTS) is 1. The summed E-state index contributed by atoms with van der Waals surface area (Å²) in [7, 11) is 0. The SMILES string of the molecule is CCOCCO[C@@H]1C[C@@H](CC(=O)N2CCC(c3cn(C(=O)O)c4ccccc34)CC2)N(C(=O)OC(C)(C)C)C1. The number of nitrogens with zero attached hydrogens (tertiary/aromatic N) is 3. The van der Waals surface area contributed by atoms with Gasteiger partial charge in [0.15, 0.2) is 0 Å². The van der Waals surface area contributed by atoms with Gasteiger partial charge in [0.2, 0.25) is 5.91 Å². The molecule has 3 heterocycles. The molecule has 0 aliphatic carbocycles. The van der Waals surface area contributed by atoms with E-state index in [-0.39, 0.29) is 30.4 Å². The van der Waals surface area contributed by atoms with Crippen LogP contribution < -0.4 is 0 Å². The second kappa shape index (κ2) is 12.4. The lowest BCUT2D eigenvalue weighted by molar-refractivity contribution is -0.133. The quantitative estimate of drug-likeness (QED) is 0.481. The number of carbonyl (C=O) groups is 3. The number of para-hydroxylation sites is 1. The number of fused-ring (bicyclic) bond motifs is 1. The lowest BCUT2D eigenvalue weighted by Gasteiger charge is -2.34. The number of carbonyl (C=O) groups excluding carboxylic acids is 2. The average Bonchev–Trinajstić information content (AvgIpc) is 3.47. The first-order valence-electron chi connectivity index (χ1n) is 13.9. The van der Waals surface area contributed by atoms with E-state index in [1.807, 2.05) is 56.9 Å². The van der Waals surface area contributed by atoms with Gasteiger partial charge in [-0.1, -0.05) is 18.2 Å². The summed E-state index contributed by atoms with van der Waals surface area (Å²) in [5.74, 6) is 0.183. The van der Waals surface area contributed by atoms with Crippen molar-refractivity contribution in [3.8, 4) is 0 Å². The molecule has 0 bridgehead atoms. The maximum Gasteiger partial charge on any atom is 0.416 e. The second-order valence-electron chi connectivity index (χ2n) is 11.3. The fourth-order valence-electron chi connectivity index (χ4n) is 5.61. The van der Waals surface area contributed by atoms with E-state index < -0.39 is 17.8 Å². The summed E-state index contributed by atoms with van der Waals surface area (Å²) in [6.45, 7) is 10.5. The van der Waals surface area contributed by atoms with Gasteiger partial charge in [-0.3, -0.25) is 9.36 Å². The van der Waals surface area contributed by atoms with Crippen LogP contribution in [0.2, 0.25) is 0 Å². The Morgan fingerprint density at radius 2 is 1.79 bits per heavy atom. The Hall–Kier alpha value is -3.11. The van der Waals surface area contributed by atoms with Crippen molar-refractivity contribution in [2.45, 2.75) is 77.0 Å². The van der Waals surface area contributed by atoms with Crippen molar-refractivity contribution >= 4 is 29.0 Å². The van der Waals surface area contributed by atoms with Gasteiger partial charge in [-0.15, -0.1) is 0 Å². The van der Waals surface area contributed by atoms with Gasteiger partial charge in [0.25, 0.3) is 0 Å². The van der Waals surface area contributed by atoms with Gasteiger partial charge in [0, 0.05) is 43.7 Å². The normalized spacial score (nSPS) is 20.5. The summed E-state index contributed by atoms with van der Waals surface area (Å²) in [4.78, 5) is 41.6. The molecule has 214 valence electrons. The van der Waals surface area contributed by atoms with Crippen molar-refractivity contribution in [2.24, 2.45) is 0 Å². The number of benzene rings is 1. The number of likely N-dealkylation sites (tertiary alicyclic amines) is 2. The predicted octanol–water partition coefficient (Wildman–Crippen LogP) is 4.69. The summed E-state index contributed by atoms with van der Waals surface area (Å²) >= 11 is 0. The van der Waals surface area contributed by atoms with Crippen LogP contribution in [0.3, 0.4) is 0 Å². The van der Waals surface area contributed by atoms with E-state index in [2.05, 4.69) is 0 Å². The van der Waals surface area contributed by atoms with Crippen LogP contribution in [0.5, 0.6) is 0 Å². The highest BCUT2D eigenvalue weighted by atomic mass is 16.6. The van der Waals surface area contributed by atoms with E-state index in [9.17, 15) is 19.5 Å². The highest BCUT2D eigenvalue weighted by molar-refractivity contribution is 5.91. The minimum absolute atomic E-state index is 0.00920. The monoisotopic (exact) mass is 543 g/mol. The third kappa shape index (κ3) is 7.10. The molecule has 0 radical (unpaired) electrons. The van der Waals surface area contributed by atoms with Gasteiger partial charge in [-0.05, 0) is 64.5 Å². The van der Waals surface area contributed by atoms with Crippen LogP contribution in [0, 0.1) is 0 Å². The molecule has 10 nitrogen and oxygen atoms in total. The van der Waals surface area contributed by atoms with Crippen molar-refractivity contribution in [2.75, 3.05) is 39.5 Å². The number of piperidine rings is 1. The Balaban J connectivity index is 1.38.